The van der Waals surface area contributed by atoms with Gasteiger partial charge in [0.05, 0.1) is 5.75 Å². The van der Waals surface area contributed by atoms with Gasteiger partial charge in [-0.1, -0.05) is 20.8 Å². The van der Waals surface area contributed by atoms with Crippen LogP contribution in [0.15, 0.2) is 4.40 Å². The van der Waals surface area contributed by atoms with Crippen molar-refractivity contribution in [2.24, 2.45) is 10.3 Å². The van der Waals surface area contributed by atoms with E-state index in [4.69, 9.17) is 0 Å². The smallest absolute Gasteiger partial charge is 0.252 e. The lowest BCUT2D eigenvalue weighted by molar-refractivity contribution is -0.222. The van der Waals surface area contributed by atoms with Gasteiger partial charge in [-0.2, -0.15) is 4.40 Å². The number of hydrogen-bond donors (Lipinski definition) is 0. The molecule has 0 saturated heterocycles. The molecule has 0 bridgehead atoms. The Bertz CT molecular complexity index is 254. The fourth-order valence-corrected chi connectivity index (χ4v) is 1.64. The average Bonchev–Trinajstić information content (AvgIpc) is 1.85. The van der Waals surface area contributed by atoms with Gasteiger partial charge in [0.25, 0.3) is 10.0 Å². The zero-order valence-electron chi connectivity index (χ0n) is 7.57. The van der Waals surface area contributed by atoms with Crippen LogP contribution in [0.2, 0.25) is 0 Å². The van der Waals surface area contributed by atoms with E-state index in [9.17, 15) is 13.5 Å². The standard InChI is InChI=1S/C7H15NO3S/c1-4-5-12(10,11)8-7(9)6(2)3/h6H,4-5H2,1-3H3,(H,8,9)/p-1. The van der Waals surface area contributed by atoms with Gasteiger partial charge in [-0.15, -0.1) is 0 Å². The van der Waals surface area contributed by atoms with Gasteiger partial charge in [-0.05, 0) is 18.2 Å². The van der Waals surface area contributed by atoms with Crippen molar-refractivity contribution in [3.8, 4) is 0 Å². The molecule has 0 atom stereocenters. The van der Waals surface area contributed by atoms with Crippen molar-refractivity contribution in [1.29, 1.82) is 0 Å². The number of nitrogens with zero attached hydrogens (tertiary/aromatic N) is 1. The molecule has 0 aromatic rings. The Hall–Kier alpha value is -0.580. The van der Waals surface area contributed by atoms with Gasteiger partial charge in [-0.3, -0.25) is 0 Å². The second-order valence-corrected chi connectivity index (χ2v) is 4.62. The minimum Gasteiger partial charge on any atom is -0.861 e. The first kappa shape index (κ1) is 11.4. The van der Waals surface area contributed by atoms with E-state index in [0.717, 1.165) is 0 Å². The van der Waals surface area contributed by atoms with Crippen LogP contribution in [0.3, 0.4) is 0 Å². The van der Waals surface area contributed by atoms with E-state index >= 15 is 0 Å². The lowest BCUT2D eigenvalue weighted by Gasteiger charge is -2.13. The van der Waals surface area contributed by atoms with E-state index in [1.807, 2.05) is 0 Å². The molecule has 0 unspecified atom stereocenters. The van der Waals surface area contributed by atoms with Crippen molar-refractivity contribution in [2.45, 2.75) is 27.2 Å². The van der Waals surface area contributed by atoms with Gasteiger partial charge in [0.2, 0.25) is 0 Å². The Labute approximate surface area is 73.4 Å². The SMILES string of the molecule is CCCS(=O)(=O)N=C([O-])C(C)C. The van der Waals surface area contributed by atoms with Crippen LogP contribution in [0.1, 0.15) is 27.2 Å². The lowest BCUT2D eigenvalue weighted by atomic mass is 10.2. The van der Waals surface area contributed by atoms with Crippen molar-refractivity contribution in [3.05, 3.63) is 0 Å². The topological polar surface area (TPSA) is 69.6 Å². The maximum absolute atomic E-state index is 11.0. The molecular formula is C7H14NO3S-. The number of hydrogen-bond acceptors (Lipinski definition) is 3. The first-order valence-electron chi connectivity index (χ1n) is 3.88. The number of sulfonamides is 1. The van der Waals surface area contributed by atoms with Crippen molar-refractivity contribution in [2.75, 3.05) is 5.75 Å². The molecule has 0 rings (SSSR count). The van der Waals surface area contributed by atoms with Gasteiger partial charge in [0, 0.05) is 0 Å². The molecule has 72 valence electrons. The summed E-state index contributed by atoms with van der Waals surface area (Å²) in [5.41, 5.74) is 0. The second kappa shape index (κ2) is 4.45. The summed E-state index contributed by atoms with van der Waals surface area (Å²) in [6, 6.07) is 0. The molecular weight excluding hydrogens is 178 g/mol. The summed E-state index contributed by atoms with van der Waals surface area (Å²) >= 11 is 0. The zero-order chi connectivity index (χ0) is 9.78. The van der Waals surface area contributed by atoms with Crippen LogP contribution in [-0.2, 0) is 10.0 Å². The Kier molecular flexibility index (Phi) is 4.23. The minimum atomic E-state index is -3.50. The molecule has 0 radical (unpaired) electrons. The highest BCUT2D eigenvalue weighted by molar-refractivity contribution is 7.90. The number of rotatable bonds is 4. The van der Waals surface area contributed by atoms with Crippen LogP contribution in [0.5, 0.6) is 0 Å². The van der Waals surface area contributed by atoms with E-state index < -0.39 is 15.9 Å². The highest BCUT2D eigenvalue weighted by atomic mass is 32.2. The molecule has 0 heterocycles. The highest BCUT2D eigenvalue weighted by Gasteiger charge is 2.05. The molecule has 0 fully saturated rings. The van der Waals surface area contributed by atoms with Gasteiger partial charge in [0.15, 0.2) is 0 Å². The Balaban J connectivity index is 4.52. The summed E-state index contributed by atoms with van der Waals surface area (Å²) in [4.78, 5) is 0. The molecule has 0 aliphatic rings. The molecule has 4 nitrogen and oxygen atoms in total. The maximum atomic E-state index is 11.0. The van der Waals surface area contributed by atoms with Gasteiger partial charge in [-0.25, -0.2) is 8.42 Å². The Morgan fingerprint density at radius 1 is 1.50 bits per heavy atom. The molecule has 0 amide bonds. The van der Waals surface area contributed by atoms with Gasteiger partial charge in [0.1, 0.15) is 0 Å². The largest absolute Gasteiger partial charge is 0.861 e. The van der Waals surface area contributed by atoms with Gasteiger partial charge >= 0.3 is 0 Å². The van der Waals surface area contributed by atoms with E-state index in [2.05, 4.69) is 4.40 Å². The summed E-state index contributed by atoms with van der Waals surface area (Å²) in [6.45, 7) is 4.97. The first-order valence-corrected chi connectivity index (χ1v) is 5.49. The van der Waals surface area contributed by atoms with Crippen molar-refractivity contribution < 1.29 is 13.5 Å². The summed E-state index contributed by atoms with van der Waals surface area (Å²) in [6.07, 6.45) is 0.483. The lowest BCUT2D eigenvalue weighted by Crippen LogP contribution is -2.25. The maximum Gasteiger partial charge on any atom is 0.252 e. The van der Waals surface area contributed by atoms with Crippen molar-refractivity contribution >= 4 is 15.9 Å². The Morgan fingerprint density at radius 3 is 2.33 bits per heavy atom. The van der Waals surface area contributed by atoms with E-state index in [1.165, 1.54) is 0 Å². The molecule has 0 aromatic heterocycles. The van der Waals surface area contributed by atoms with Crippen molar-refractivity contribution in [3.63, 3.8) is 0 Å². The van der Waals surface area contributed by atoms with Crippen LogP contribution in [0, 0.1) is 5.92 Å². The van der Waals surface area contributed by atoms with Crippen molar-refractivity contribution in [1.82, 2.24) is 0 Å². The fraction of sp³-hybridized carbons (Fsp3) is 0.857. The molecule has 0 N–H and O–H groups in total. The summed E-state index contributed by atoms with van der Waals surface area (Å²) in [5, 5.41) is 10.9. The molecule has 12 heavy (non-hydrogen) atoms. The molecule has 0 aliphatic carbocycles. The molecule has 0 aliphatic heterocycles. The molecule has 0 saturated carbocycles. The van der Waals surface area contributed by atoms with E-state index in [-0.39, 0.29) is 11.7 Å². The first-order chi connectivity index (χ1) is 5.39. The molecule has 5 heteroatoms. The van der Waals surface area contributed by atoms with Crippen LogP contribution >= 0.6 is 0 Å². The van der Waals surface area contributed by atoms with Gasteiger partial charge < -0.3 is 5.11 Å². The molecule has 0 spiro atoms. The molecule has 0 aromatic carbocycles. The predicted molar refractivity (Wildman–Crippen MR) is 46.4 cm³/mol. The monoisotopic (exact) mass is 192 g/mol. The third kappa shape index (κ3) is 4.33. The quantitative estimate of drug-likeness (QED) is 0.470. The van der Waals surface area contributed by atoms with Crippen LogP contribution in [0.25, 0.3) is 0 Å². The minimum absolute atomic E-state index is 0.0501. The summed E-state index contributed by atoms with van der Waals surface area (Å²) in [5.74, 6) is -0.967. The highest BCUT2D eigenvalue weighted by Crippen LogP contribution is 1.99. The van der Waals surface area contributed by atoms with Crippen LogP contribution in [-0.4, -0.2) is 20.1 Å². The predicted octanol–water partition coefficient (Wildman–Crippen LogP) is 0.141. The third-order valence-corrected chi connectivity index (χ3v) is 2.57. The zero-order valence-corrected chi connectivity index (χ0v) is 8.39. The summed E-state index contributed by atoms with van der Waals surface area (Å²) < 4.78 is 25.0. The third-order valence-electron chi connectivity index (χ3n) is 1.19. The van der Waals surface area contributed by atoms with Crippen LogP contribution in [0.4, 0.5) is 0 Å². The van der Waals surface area contributed by atoms with E-state index in [1.54, 1.807) is 20.8 Å². The van der Waals surface area contributed by atoms with Crippen LogP contribution < -0.4 is 5.11 Å². The van der Waals surface area contributed by atoms with E-state index in [0.29, 0.717) is 6.42 Å². The summed E-state index contributed by atoms with van der Waals surface area (Å²) in [7, 11) is -3.50. The fourth-order valence-electron chi connectivity index (χ4n) is 0.546. The Morgan fingerprint density at radius 2 is 2.00 bits per heavy atom. The average molecular weight is 192 g/mol. The normalized spacial score (nSPS) is 13.8. The second-order valence-electron chi connectivity index (χ2n) is 2.87.